The number of carbonyl (C=O) groups excluding carboxylic acids is 2. The minimum atomic E-state index is -5.31. The third kappa shape index (κ3) is 6.97. The van der Waals surface area contributed by atoms with Crippen molar-refractivity contribution in [2.24, 2.45) is 5.92 Å². The van der Waals surface area contributed by atoms with Crippen LogP contribution >= 0.6 is 11.6 Å². The average Bonchev–Trinajstić information content (AvgIpc) is 3.74. The minimum Gasteiger partial charge on any atom is -0.453 e. The van der Waals surface area contributed by atoms with E-state index in [2.05, 4.69) is 0 Å². The van der Waals surface area contributed by atoms with Crippen LogP contribution in [0.1, 0.15) is 67.0 Å². The first-order valence-electron chi connectivity index (χ1n) is 13.3. The predicted molar refractivity (Wildman–Crippen MR) is 139 cm³/mol. The van der Waals surface area contributed by atoms with Gasteiger partial charge in [0, 0.05) is 12.6 Å². The van der Waals surface area contributed by atoms with Gasteiger partial charge in [-0.1, -0.05) is 11.6 Å². The zero-order chi connectivity index (χ0) is 32.9. The molecule has 0 spiro atoms. The summed E-state index contributed by atoms with van der Waals surface area (Å²) in [6.07, 6.45) is -17.1. The first kappa shape index (κ1) is 33.5. The summed E-state index contributed by atoms with van der Waals surface area (Å²) in [5.74, 6) is -0.156. The molecular formula is C28H26ClF9N2O4. The molecule has 0 N–H and O–H groups in total. The van der Waals surface area contributed by atoms with Crippen LogP contribution in [0.3, 0.4) is 0 Å². The SMILES string of the molecule is COC(=O)N(Cc1cc(C(F)(F)F)c(Cl)c(C(F)(F)F)c1)C1CC(C2CC2)N(C(=O)OC(C)C)c2ccc(C(F)(F)F)cc21. The number of fused-ring (bicyclic) bond motifs is 1. The van der Waals surface area contributed by atoms with Gasteiger partial charge < -0.3 is 9.47 Å². The van der Waals surface area contributed by atoms with Crippen molar-refractivity contribution in [2.75, 3.05) is 12.0 Å². The number of hydrogen-bond donors (Lipinski definition) is 0. The van der Waals surface area contributed by atoms with Crippen molar-refractivity contribution < 1.29 is 58.6 Å². The molecule has 1 aliphatic heterocycles. The Morgan fingerprint density at radius 1 is 0.955 bits per heavy atom. The molecule has 2 aromatic carbocycles. The molecule has 1 aliphatic carbocycles. The minimum absolute atomic E-state index is 0.0474. The van der Waals surface area contributed by atoms with Crippen LogP contribution in [-0.4, -0.2) is 36.3 Å². The molecule has 0 saturated heterocycles. The molecule has 2 atom stereocenters. The second-order valence-corrected chi connectivity index (χ2v) is 11.2. The Morgan fingerprint density at radius 3 is 1.98 bits per heavy atom. The first-order chi connectivity index (χ1) is 20.2. The van der Waals surface area contributed by atoms with Crippen molar-refractivity contribution >= 4 is 29.5 Å². The monoisotopic (exact) mass is 660 g/mol. The summed E-state index contributed by atoms with van der Waals surface area (Å²) in [5, 5.41) is -1.59. The summed E-state index contributed by atoms with van der Waals surface area (Å²) < 4.78 is 134. The number of carbonyl (C=O) groups is 2. The topological polar surface area (TPSA) is 59.1 Å². The largest absolute Gasteiger partial charge is 0.453 e. The molecule has 242 valence electrons. The molecule has 1 heterocycles. The van der Waals surface area contributed by atoms with E-state index in [9.17, 15) is 49.1 Å². The molecule has 16 heteroatoms. The van der Waals surface area contributed by atoms with Crippen molar-refractivity contribution in [3.05, 3.63) is 63.2 Å². The summed E-state index contributed by atoms with van der Waals surface area (Å²) in [6, 6.07) is 1.06. The smallest absolute Gasteiger partial charge is 0.417 e. The Labute approximate surface area is 250 Å². The van der Waals surface area contributed by atoms with Crippen molar-refractivity contribution in [1.29, 1.82) is 0 Å². The molecule has 4 rings (SSSR count). The van der Waals surface area contributed by atoms with E-state index in [0.29, 0.717) is 31.0 Å². The fourth-order valence-electron chi connectivity index (χ4n) is 5.33. The molecule has 2 unspecified atom stereocenters. The predicted octanol–water partition coefficient (Wildman–Crippen LogP) is 9.24. The van der Waals surface area contributed by atoms with E-state index < -0.39 is 82.7 Å². The highest BCUT2D eigenvalue weighted by Crippen LogP contribution is 2.50. The summed E-state index contributed by atoms with van der Waals surface area (Å²) in [5.41, 5.74) is -5.69. The number of benzene rings is 2. The highest BCUT2D eigenvalue weighted by molar-refractivity contribution is 6.32. The molecule has 0 aromatic heterocycles. The number of alkyl halides is 9. The van der Waals surface area contributed by atoms with E-state index in [0.717, 1.165) is 24.1 Å². The van der Waals surface area contributed by atoms with Gasteiger partial charge in [0.2, 0.25) is 0 Å². The van der Waals surface area contributed by atoms with Crippen LogP contribution < -0.4 is 4.90 Å². The number of nitrogens with zero attached hydrogens (tertiary/aromatic N) is 2. The number of halogens is 10. The van der Waals surface area contributed by atoms with E-state index in [-0.39, 0.29) is 23.6 Å². The van der Waals surface area contributed by atoms with Gasteiger partial charge in [-0.3, -0.25) is 9.80 Å². The molecule has 0 bridgehead atoms. The maximum absolute atomic E-state index is 13.8. The highest BCUT2D eigenvalue weighted by atomic mass is 35.5. The van der Waals surface area contributed by atoms with Crippen LogP contribution in [0, 0.1) is 5.92 Å². The fourth-order valence-corrected chi connectivity index (χ4v) is 5.66. The zero-order valence-corrected chi connectivity index (χ0v) is 24.1. The van der Waals surface area contributed by atoms with Crippen LogP contribution in [-0.2, 0) is 34.5 Å². The van der Waals surface area contributed by atoms with Crippen molar-refractivity contribution in [3.8, 4) is 0 Å². The molecule has 2 aromatic rings. The van der Waals surface area contributed by atoms with Gasteiger partial charge in [-0.2, -0.15) is 39.5 Å². The average molecular weight is 661 g/mol. The van der Waals surface area contributed by atoms with Crippen LogP contribution in [0.4, 0.5) is 54.8 Å². The van der Waals surface area contributed by atoms with E-state index in [1.807, 2.05) is 0 Å². The Bertz CT molecular complexity index is 1390. The Hall–Kier alpha value is -3.36. The third-order valence-corrected chi connectivity index (χ3v) is 7.76. The van der Waals surface area contributed by atoms with Gasteiger partial charge in [-0.25, -0.2) is 9.59 Å². The Morgan fingerprint density at radius 2 is 1.52 bits per heavy atom. The molecular weight excluding hydrogens is 635 g/mol. The first-order valence-corrected chi connectivity index (χ1v) is 13.6. The number of anilines is 1. The lowest BCUT2D eigenvalue weighted by atomic mass is 9.86. The number of methoxy groups -OCH3 is 1. The van der Waals surface area contributed by atoms with E-state index in [4.69, 9.17) is 21.1 Å². The van der Waals surface area contributed by atoms with Crippen LogP contribution in [0.5, 0.6) is 0 Å². The molecule has 0 radical (unpaired) electrons. The molecule has 2 amide bonds. The van der Waals surface area contributed by atoms with Gasteiger partial charge in [0.05, 0.1) is 46.7 Å². The van der Waals surface area contributed by atoms with Gasteiger partial charge in [-0.15, -0.1) is 0 Å². The second-order valence-electron chi connectivity index (χ2n) is 10.8. The van der Waals surface area contributed by atoms with E-state index in [1.54, 1.807) is 13.8 Å². The summed E-state index contributed by atoms with van der Waals surface area (Å²) >= 11 is 5.49. The van der Waals surface area contributed by atoms with Crippen molar-refractivity contribution in [2.45, 2.75) is 76.4 Å². The standard InChI is InChI=1S/C28H26ClF9N2O4/c1-13(2)44-25(42)40-20-7-6-16(26(30,31)32)10-17(20)22(11-21(40)15-4-5-15)39(24(41)43-3)12-14-8-18(27(33,34)35)23(29)19(9-14)28(36,37)38/h6-10,13,15,21-22H,4-5,11-12H2,1-3H3. The van der Waals surface area contributed by atoms with Crippen LogP contribution in [0.25, 0.3) is 0 Å². The second kappa shape index (κ2) is 11.9. The Kier molecular flexibility index (Phi) is 9.04. The number of amides is 2. The maximum Gasteiger partial charge on any atom is 0.417 e. The molecule has 44 heavy (non-hydrogen) atoms. The lowest BCUT2D eigenvalue weighted by Crippen LogP contribution is -2.50. The maximum atomic E-state index is 13.8. The van der Waals surface area contributed by atoms with E-state index in [1.165, 1.54) is 4.90 Å². The van der Waals surface area contributed by atoms with Crippen molar-refractivity contribution in [1.82, 2.24) is 4.90 Å². The molecule has 2 aliphatic rings. The molecule has 6 nitrogen and oxygen atoms in total. The fraction of sp³-hybridized carbons (Fsp3) is 0.500. The van der Waals surface area contributed by atoms with Crippen molar-refractivity contribution in [3.63, 3.8) is 0 Å². The zero-order valence-electron chi connectivity index (χ0n) is 23.3. The number of ether oxygens (including phenoxy) is 2. The van der Waals surface area contributed by atoms with Crippen LogP contribution in [0.15, 0.2) is 30.3 Å². The normalized spacial score (nSPS) is 19.1. The number of rotatable bonds is 5. The van der Waals surface area contributed by atoms with Crippen LogP contribution in [0.2, 0.25) is 5.02 Å². The van der Waals surface area contributed by atoms with E-state index >= 15 is 0 Å². The lowest BCUT2D eigenvalue weighted by molar-refractivity contribution is -0.143. The summed E-state index contributed by atoms with van der Waals surface area (Å²) in [6.45, 7) is 2.21. The molecule has 1 saturated carbocycles. The van der Waals surface area contributed by atoms with Gasteiger partial charge in [0.25, 0.3) is 0 Å². The summed E-state index contributed by atoms with van der Waals surface area (Å²) in [4.78, 5) is 28.2. The van der Waals surface area contributed by atoms with Gasteiger partial charge in [-0.05, 0) is 80.5 Å². The molecule has 1 fully saturated rings. The quantitative estimate of drug-likeness (QED) is 0.300. The van der Waals surface area contributed by atoms with Gasteiger partial charge >= 0.3 is 30.7 Å². The third-order valence-electron chi connectivity index (χ3n) is 7.35. The summed E-state index contributed by atoms with van der Waals surface area (Å²) in [7, 11) is 0.903. The Balaban J connectivity index is 1.91. The van der Waals surface area contributed by atoms with Gasteiger partial charge in [0.1, 0.15) is 0 Å². The number of hydrogen-bond acceptors (Lipinski definition) is 4. The lowest BCUT2D eigenvalue weighted by Gasteiger charge is -2.44. The highest BCUT2D eigenvalue weighted by Gasteiger charge is 2.48. The van der Waals surface area contributed by atoms with Gasteiger partial charge in [0.15, 0.2) is 0 Å².